The number of aromatic nitrogens is 1. The quantitative estimate of drug-likeness (QED) is 0.598. The number of hydrogen-bond acceptors (Lipinski definition) is 3. The van der Waals surface area contributed by atoms with E-state index in [-0.39, 0.29) is 0 Å². The number of aryl methyl sites for hydroxylation is 1. The molecule has 2 N–H and O–H groups in total. The van der Waals surface area contributed by atoms with Gasteiger partial charge in [-0.15, -0.1) is 0 Å². The molecule has 0 aliphatic heterocycles. The maximum atomic E-state index is 5.16. The molecule has 0 atom stereocenters. The second kappa shape index (κ2) is 6.15. The molecule has 1 aromatic rings. The molecule has 0 saturated heterocycles. The summed E-state index contributed by atoms with van der Waals surface area (Å²) < 4.78 is 5.16. The Labute approximate surface area is 96.3 Å². The normalized spacial score (nSPS) is 11.9. The monoisotopic (exact) mass is 224 g/mol. The molecule has 5 nitrogen and oxygen atoms in total. The Balaban J connectivity index is 2.43. The van der Waals surface area contributed by atoms with Crippen LogP contribution in [-0.4, -0.2) is 24.2 Å². The van der Waals surface area contributed by atoms with Gasteiger partial charge < -0.3 is 15.2 Å². The van der Waals surface area contributed by atoms with Crippen molar-refractivity contribution in [2.24, 2.45) is 4.99 Å². The Morgan fingerprint density at radius 2 is 2.31 bits per heavy atom. The predicted octanol–water partition coefficient (Wildman–Crippen LogP) is 1.31. The average molecular weight is 224 g/mol. The van der Waals surface area contributed by atoms with Gasteiger partial charge in [-0.2, -0.15) is 0 Å². The third-order valence-electron chi connectivity index (χ3n) is 2.05. The van der Waals surface area contributed by atoms with Crippen LogP contribution < -0.4 is 10.6 Å². The lowest BCUT2D eigenvalue weighted by Gasteiger charge is -2.13. The molecule has 0 saturated carbocycles. The van der Waals surface area contributed by atoms with Crippen LogP contribution in [0.3, 0.4) is 0 Å². The Morgan fingerprint density at radius 1 is 1.56 bits per heavy atom. The maximum absolute atomic E-state index is 5.16. The van der Waals surface area contributed by atoms with Gasteiger partial charge in [0.25, 0.3) is 0 Å². The summed E-state index contributed by atoms with van der Waals surface area (Å²) in [5, 5.41) is 10.3. The Hall–Kier alpha value is -1.52. The van der Waals surface area contributed by atoms with Crippen molar-refractivity contribution in [3.63, 3.8) is 0 Å². The fraction of sp³-hybridized carbons (Fsp3) is 0.636. The lowest BCUT2D eigenvalue weighted by molar-refractivity contribution is 0.374. The predicted molar refractivity (Wildman–Crippen MR) is 64.4 cm³/mol. The van der Waals surface area contributed by atoms with Crippen molar-refractivity contribution in [3.05, 3.63) is 17.5 Å². The number of nitrogens with zero attached hydrogens (tertiary/aromatic N) is 2. The van der Waals surface area contributed by atoms with Gasteiger partial charge in [0.15, 0.2) is 11.7 Å². The van der Waals surface area contributed by atoms with E-state index >= 15 is 0 Å². The summed E-state index contributed by atoms with van der Waals surface area (Å²) in [7, 11) is 1.75. The Bertz CT molecular complexity index is 344. The molecule has 0 aromatic carbocycles. The highest BCUT2D eigenvalue weighted by molar-refractivity contribution is 5.79. The topological polar surface area (TPSA) is 62.5 Å². The summed E-state index contributed by atoms with van der Waals surface area (Å²) in [6, 6.07) is 2.31. The minimum Gasteiger partial charge on any atom is -0.359 e. The molecule has 0 bridgehead atoms. The molecule has 0 radical (unpaired) electrons. The molecule has 0 aliphatic carbocycles. The van der Waals surface area contributed by atoms with Crippen molar-refractivity contribution >= 4 is 5.96 Å². The lowest BCUT2D eigenvalue weighted by atomic mass is 10.3. The van der Waals surface area contributed by atoms with Gasteiger partial charge in [-0.25, -0.2) is 0 Å². The molecule has 1 rings (SSSR count). The van der Waals surface area contributed by atoms with Crippen LogP contribution in [0.25, 0.3) is 0 Å². The summed E-state index contributed by atoms with van der Waals surface area (Å²) in [5.41, 5.74) is 0.976. The maximum Gasteiger partial charge on any atom is 0.191 e. The van der Waals surface area contributed by atoms with Gasteiger partial charge in [-0.1, -0.05) is 12.1 Å². The summed E-state index contributed by atoms with van der Waals surface area (Å²) in [6.07, 6.45) is 0.891. The highest BCUT2D eigenvalue weighted by Gasteiger charge is 2.04. The number of guanidine groups is 1. The van der Waals surface area contributed by atoms with Crippen LogP contribution in [0.2, 0.25) is 0 Å². The van der Waals surface area contributed by atoms with Crippen LogP contribution in [0.1, 0.15) is 32.2 Å². The molecule has 5 heteroatoms. The highest BCUT2D eigenvalue weighted by atomic mass is 16.5. The summed E-state index contributed by atoms with van der Waals surface area (Å²) >= 11 is 0. The van der Waals surface area contributed by atoms with Crippen molar-refractivity contribution in [2.75, 3.05) is 7.05 Å². The van der Waals surface area contributed by atoms with Crippen molar-refractivity contribution in [1.29, 1.82) is 0 Å². The second-order valence-electron chi connectivity index (χ2n) is 3.86. The lowest BCUT2D eigenvalue weighted by Crippen LogP contribution is -2.40. The first-order valence-corrected chi connectivity index (χ1v) is 5.57. The fourth-order valence-electron chi connectivity index (χ4n) is 1.24. The van der Waals surface area contributed by atoms with E-state index in [1.165, 1.54) is 0 Å². The Morgan fingerprint density at radius 3 is 2.81 bits per heavy atom. The van der Waals surface area contributed by atoms with Gasteiger partial charge in [-0.05, 0) is 20.3 Å². The van der Waals surface area contributed by atoms with E-state index in [0.717, 1.165) is 23.8 Å². The minimum atomic E-state index is 0.354. The van der Waals surface area contributed by atoms with Gasteiger partial charge in [0, 0.05) is 19.2 Å². The summed E-state index contributed by atoms with van der Waals surface area (Å²) in [6.45, 7) is 6.78. The first-order valence-electron chi connectivity index (χ1n) is 5.57. The first-order chi connectivity index (χ1) is 7.65. The van der Waals surface area contributed by atoms with Gasteiger partial charge in [0.2, 0.25) is 0 Å². The molecule has 0 amide bonds. The number of hydrogen-bond donors (Lipinski definition) is 2. The largest absolute Gasteiger partial charge is 0.359 e. The van der Waals surface area contributed by atoms with Crippen molar-refractivity contribution in [1.82, 2.24) is 15.8 Å². The third kappa shape index (κ3) is 3.92. The molecule has 16 heavy (non-hydrogen) atoms. The first kappa shape index (κ1) is 12.5. The van der Waals surface area contributed by atoms with E-state index in [0.29, 0.717) is 12.6 Å². The van der Waals surface area contributed by atoms with E-state index in [4.69, 9.17) is 4.52 Å². The molecule has 1 heterocycles. The molecule has 0 unspecified atom stereocenters. The zero-order valence-corrected chi connectivity index (χ0v) is 10.4. The van der Waals surface area contributed by atoms with Gasteiger partial charge >= 0.3 is 0 Å². The number of aliphatic imine (C=N–C) groups is 1. The van der Waals surface area contributed by atoms with Gasteiger partial charge in [0.1, 0.15) is 0 Å². The molecular formula is C11H20N4O. The fourth-order valence-corrected chi connectivity index (χ4v) is 1.24. The molecule has 0 fully saturated rings. The smallest absolute Gasteiger partial charge is 0.191 e. The molecular weight excluding hydrogens is 204 g/mol. The van der Waals surface area contributed by atoms with Crippen LogP contribution in [0.15, 0.2) is 15.6 Å². The average Bonchev–Trinajstić information content (AvgIpc) is 2.71. The minimum absolute atomic E-state index is 0.354. The van der Waals surface area contributed by atoms with Crippen LogP contribution in [-0.2, 0) is 13.0 Å². The van der Waals surface area contributed by atoms with Crippen molar-refractivity contribution in [3.8, 4) is 0 Å². The molecule has 0 aliphatic rings. The van der Waals surface area contributed by atoms with E-state index in [9.17, 15) is 0 Å². The second-order valence-corrected chi connectivity index (χ2v) is 3.86. The standard InChI is InChI=1S/C11H20N4O/c1-5-9-6-10(16-15-9)7-13-11(12-4)14-8(2)3/h6,8H,5,7H2,1-4H3,(H2,12,13,14). The Kier molecular flexibility index (Phi) is 4.82. The molecule has 1 aromatic heterocycles. The summed E-state index contributed by atoms with van der Waals surface area (Å²) in [4.78, 5) is 4.10. The SMILES string of the molecule is CCc1cc(CNC(=NC)NC(C)C)on1. The van der Waals surface area contributed by atoms with Crippen molar-refractivity contribution < 1.29 is 4.52 Å². The number of nitrogens with one attached hydrogen (secondary N) is 2. The van der Waals surface area contributed by atoms with Gasteiger partial charge in [0.05, 0.1) is 12.2 Å². The van der Waals surface area contributed by atoms with E-state index in [2.05, 4.69) is 34.6 Å². The van der Waals surface area contributed by atoms with E-state index < -0.39 is 0 Å². The van der Waals surface area contributed by atoms with Crippen LogP contribution >= 0.6 is 0 Å². The zero-order chi connectivity index (χ0) is 12.0. The third-order valence-corrected chi connectivity index (χ3v) is 2.05. The van der Waals surface area contributed by atoms with E-state index in [1.54, 1.807) is 7.05 Å². The van der Waals surface area contributed by atoms with Crippen LogP contribution in [0.5, 0.6) is 0 Å². The number of rotatable bonds is 4. The van der Waals surface area contributed by atoms with Gasteiger partial charge in [-0.3, -0.25) is 4.99 Å². The zero-order valence-electron chi connectivity index (χ0n) is 10.4. The molecule has 90 valence electrons. The van der Waals surface area contributed by atoms with E-state index in [1.807, 2.05) is 13.0 Å². The van der Waals surface area contributed by atoms with Crippen molar-refractivity contribution in [2.45, 2.75) is 39.8 Å². The highest BCUT2D eigenvalue weighted by Crippen LogP contribution is 2.03. The summed E-state index contributed by atoms with van der Waals surface area (Å²) in [5.74, 6) is 1.59. The van der Waals surface area contributed by atoms with Crippen LogP contribution in [0, 0.1) is 0 Å². The molecule has 0 spiro atoms. The van der Waals surface area contributed by atoms with Crippen LogP contribution in [0.4, 0.5) is 0 Å².